The molecular formula is C17H23BrFN3. The van der Waals surface area contributed by atoms with E-state index < -0.39 is 0 Å². The number of hydrogen-bond acceptors (Lipinski definition) is 1. The predicted octanol–water partition coefficient (Wildman–Crippen LogP) is 3.58. The summed E-state index contributed by atoms with van der Waals surface area (Å²) in [6.07, 6.45) is 6.05. The van der Waals surface area contributed by atoms with E-state index in [9.17, 15) is 4.39 Å². The van der Waals surface area contributed by atoms with Crippen LogP contribution in [0.5, 0.6) is 0 Å². The summed E-state index contributed by atoms with van der Waals surface area (Å²) >= 11 is 3.39. The maximum Gasteiger partial charge on any atom is 0.193 e. The number of nitrogens with zero attached hydrogens (tertiary/aromatic N) is 2. The van der Waals surface area contributed by atoms with Gasteiger partial charge in [0.25, 0.3) is 0 Å². The monoisotopic (exact) mass is 367 g/mol. The van der Waals surface area contributed by atoms with Gasteiger partial charge in [-0.25, -0.2) is 4.39 Å². The Morgan fingerprint density at radius 2 is 2.23 bits per heavy atom. The van der Waals surface area contributed by atoms with Gasteiger partial charge in [0.1, 0.15) is 5.82 Å². The predicted molar refractivity (Wildman–Crippen MR) is 91.6 cm³/mol. The average Bonchev–Trinajstić information content (AvgIpc) is 2.92. The van der Waals surface area contributed by atoms with E-state index in [1.807, 2.05) is 13.1 Å². The van der Waals surface area contributed by atoms with Crippen LogP contribution in [0.3, 0.4) is 0 Å². The summed E-state index contributed by atoms with van der Waals surface area (Å²) in [6.45, 7) is 2.91. The van der Waals surface area contributed by atoms with Crippen molar-refractivity contribution in [2.75, 3.05) is 26.7 Å². The fraction of sp³-hybridized carbons (Fsp3) is 0.588. The van der Waals surface area contributed by atoms with Crippen LogP contribution in [-0.2, 0) is 6.42 Å². The number of aliphatic imine (C=N–C) groups is 1. The molecule has 1 saturated heterocycles. The minimum Gasteiger partial charge on any atom is -0.356 e. The molecule has 1 aliphatic heterocycles. The highest BCUT2D eigenvalue weighted by Gasteiger charge is 2.43. The molecule has 0 atom stereocenters. The third-order valence-corrected chi connectivity index (χ3v) is 5.54. The fourth-order valence-electron chi connectivity index (χ4n) is 3.58. The zero-order valence-electron chi connectivity index (χ0n) is 13.0. The van der Waals surface area contributed by atoms with Crippen molar-refractivity contribution in [2.24, 2.45) is 10.4 Å². The van der Waals surface area contributed by atoms with Gasteiger partial charge in [0.05, 0.1) is 0 Å². The van der Waals surface area contributed by atoms with Crippen molar-refractivity contribution in [2.45, 2.75) is 32.1 Å². The zero-order chi connectivity index (χ0) is 15.6. The highest BCUT2D eigenvalue weighted by atomic mass is 79.9. The first-order chi connectivity index (χ1) is 10.6. The Morgan fingerprint density at radius 1 is 1.41 bits per heavy atom. The van der Waals surface area contributed by atoms with Gasteiger partial charge in [0.2, 0.25) is 0 Å². The SMILES string of the molecule is CN=C(NCCc1cc(Br)ccc1F)N1CCC2(CCC2)C1. The molecule has 3 rings (SSSR count). The van der Waals surface area contributed by atoms with Gasteiger partial charge < -0.3 is 10.2 Å². The molecule has 0 radical (unpaired) electrons. The van der Waals surface area contributed by atoms with Gasteiger partial charge in [-0.15, -0.1) is 0 Å². The van der Waals surface area contributed by atoms with Crippen molar-refractivity contribution in [1.29, 1.82) is 0 Å². The van der Waals surface area contributed by atoms with E-state index >= 15 is 0 Å². The Hall–Kier alpha value is -1.10. The number of benzene rings is 1. The zero-order valence-corrected chi connectivity index (χ0v) is 14.6. The molecule has 1 aromatic carbocycles. The number of hydrogen-bond donors (Lipinski definition) is 1. The van der Waals surface area contributed by atoms with Gasteiger partial charge in [-0.05, 0) is 54.9 Å². The van der Waals surface area contributed by atoms with Crippen molar-refractivity contribution < 1.29 is 4.39 Å². The molecule has 3 nitrogen and oxygen atoms in total. The molecule has 0 unspecified atom stereocenters. The van der Waals surface area contributed by atoms with E-state index in [1.165, 1.54) is 31.7 Å². The molecule has 1 spiro atoms. The Bertz CT molecular complexity index is 569. The molecule has 1 heterocycles. The molecule has 5 heteroatoms. The first-order valence-corrected chi connectivity index (χ1v) is 8.81. The molecule has 2 fully saturated rings. The first-order valence-electron chi connectivity index (χ1n) is 8.01. The molecule has 0 aromatic heterocycles. The lowest BCUT2D eigenvalue weighted by Gasteiger charge is -2.38. The highest BCUT2D eigenvalue weighted by molar-refractivity contribution is 9.10. The Labute approximate surface area is 140 Å². The lowest BCUT2D eigenvalue weighted by Crippen LogP contribution is -2.43. The van der Waals surface area contributed by atoms with E-state index in [4.69, 9.17) is 0 Å². The number of rotatable bonds is 3. The number of nitrogens with one attached hydrogen (secondary N) is 1. The summed E-state index contributed by atoms with van der Waals surface area (Å²) in [5.41, 5.74) is 1.29. The summed E-state index contributed by atoms with van der Waals surface area (Å²) in [5.74, 6) is 0.814. The van der Waals surface area contributed by atoms with Crippen LogP contribution in [0.25, 0.3) is 0 Å². The number of guanidine groups is 1. The molecule has 22 heavy (non-hydrogen) atoms. The minimum atomic E-state index is -0.144. The van der Waals surface area contributed by atoms with Crippen LogP contribution >= 0.6 is 15.9 Å². The second-order valence-corrected chi connectivity index (χ2v) is 7.40. The summed E-state index contributed by atoms with van der Waals surface area (Å²) < 4.78 is 14.7. The van der Waals surface area contributed by atoms with E-state index in [0.717, 1.165) is 29.1 Å². The summed E-state index contributed by atoms with van der Waals surface area (Å²) in [6, 6.07) is 5.08. The fourth-order valence-corrected chi connectivity index (χ4v) is 3.99. The van der Waals surface area contributed by atoms with Crippen LogP contribution < -0.4 is 5.32 Å². The quantitative estimate of drug-likeness (QED) is 0.652. The maximum atomic E-state index is 13.7. The Morgan fingerprint density at radius 3 is 2.86 bits per heavy atom. The van der Waals surface area contributed by atoms with Gasteiger partial charge in [-0.1, -0.05) is 22.4 Å². The largest absolute Gasteiger partial charge is 0.356 e. The van der Waals surface area contributed by atoms with Crippen LogP contribution in [0.4, 0.5) is 4.39 Å². The standard InChI is InChI=1S/C17H23BrFN3/c1-20-16(22-10-8-17(12-22)6-2-7-17)21-9-5-13-11-14(18)3-4-15(13)19/h3-4,11H,2,5-10,12H2,1H3,(H,20,21). The van der Waals surface area contributed by atoms with E-state index in [-0.39, 0.29) is 5.82 Å². The van der Waals surface area contributed by atoms with Crippen molar-refractivity contribution in [3.63, 3.8) is 0 Å². The van der Waals surface area contributed by atoms with E-state index in [2.05, 4.69) is 31.1 Å². The number of halogens is 2. The summed E-state index contributed by atoms with van der Waals surface area (Å²) in [4.78, 5) is 6.75. The lowest BCUT2D eigenvalue weighted by molar-refractivity contribution is 0.151. The van der Waals surface area contributed by atoms with Crippen LogP contribution in [-0.4, -0.2) is 37.5 Å². The maximum absolute atomic E-state index is 13.7. The topological polar surface area (TPSA) is 27.6 Å². The lowest BCUT2D eigenvalue weighted by atomic mass is 9.68. The first kappa shape index (κ1) is 15.8. The van der Waals surface area contributed by atoms with Crippen LogP contribution in [0.2, 0.25) is 0 Å². The smallest absolute Gasteiger partial charge is 0.193 e. The van der Waals surface area contributed by atoms with Gasteiger partial charge >= 0.3 is 0 Å². The van der Waals surface area contributed by atoms with Gasteiger partial charge in [-0.3, -0.25) is 4.99 Å². The van der Waals surface area contributed by atoms with Gasteiger partial charge in [0, 0.05) is 31.2 Å². The second-order valence-electron chi connectivity index (χ2n) is 6.48. The van der Waals surface area contributed by atoms with Crippen molar-refractivity contribution in [3.8, 4) is 0 Å². The van der Waals surface area contributed by atoms with E-state index in [0.29, 0.717) is 18.4 Å². The van der Waals surface area contributed by atoms with Gasteiger partial charge in [-0.2, -0.15) is 0 Å². The second kappa shape index (κ2) is 6.57. The Balaban J connectivity index is 1.52. The highest BCUT2D eigenvalue weighted by Crippen LogP contribution is 2.47. The third-order valence-electron chi connectivity index (χ3n) is 5.05. The molecular weight excluding hydrogens is 345 g/mol. The molecule has 0 amide bonds. The minimum absolute atomic E-state index is 0.144. The van der Waals surface area contributed by atoms with Crippen LogP contribution in [0.15, 0.2) is 27.7 Å². The van der Waals surface area contributed by atoms with Crippen molar-refractivity contribution in [3.05, 3.63) is 34.1 Å². The van der Waals surface area contributed by atoms with Crippen LogP contribution in [0.1, 0.15) is 31.2 Å². The molecule has 2 aliphatic rings. The molecule has 1 saturated carbocycles. The summed E-state index contributed by atoms with van der Waals surface area (Å²) in [5, 5.41) is 3.39. The normalized spacial score (nSPS) is 20.3. The molecule has 120 valence electrons. The molecule has 1 N–H and O–H groups in total. The average molecular weight is 368 g/mol. The molecule has 1 aliphatic carbocycles. The van der Waals surface area contributed by atoms with Crippen LogP contribution in [0, 0.1) is 11.2 Å². The third kappa shape index (κ3) is 3.29. The Kier molecular flexibility index (Phi) is 4.71. The molecule has 1 aromatic rings. The van der Waals surface area contributed by atoms with Crippen molar-refractivity contribution in [1.82, 2.24) is 10.2 Å². The van der Waals surface area contributed by atoms with Crippen molar-refractivity contribution >= 4 is 21.9 Å². The summed E-state index contributed by atoms with van der Waals surface area (Å²) in [7, 11) is 1.83. The van der Waals surface area contributed by atoms with E-state index in [1.54, 1.807) is 6.07 Å². The number of likely N-dealkylation sites (tertiary alicyclic amines) is 1. The van der Waals surface area contributed by atoms with Gasteiger partial charge in [0.15, 0.2) is 5.96 Å². The molecule has 0 bridgehead atoms.